The van der Waals surface area contributed by atoms with Crippen LogP contribution in [-0.4, -0.2) is 55.7 Å². The van der Waals surface area contributed by atoms with Gasteiger partial charge in [0.25, 0.3) is 0 Å². The maximum atomic E-state index is 12.0. The Morgan fingerprint density at radius 3 is 2.74 bits per heavy atom. The van der Waals surface area contributed by atoms with Gasteiger partial charge in [-0.15, -0.1) is 0 Å². The fourth-order valence-electron chi connectivity index (χ4n) is 2.33. The summed E-state index contributed by atoms with van der Waals surface area (Å²) in [5, 5.41) is 31.2. The average molecular weight is 327 g/mol. The lowest BCUT2D eigenvalue weighted by molar-refractivity contribution is -0.116. The summed E-state index contributed by atoms with van der Waals surface area (Å²) < 4.78 is 6.27. The first kappa shape index (κ1) is 17.5. The van der Waals surface area contributed by atoms with E-state index in [-0.39, 0.29) is 11.7 Å². The van der Waals surface area contributed by atoms with Gasteiger partial charge in [-0.1, -0.05) is 13.3 Å². The Morgan fingerprint density at radius 2 is 2.17 bits per heavy atom. The third-order valence-corrected chi connectivity index (χ3v) is 3.65. The summed E-state index contributed by atoms with van der Waals surface area (Å²) in [5.41, 5.74) is -0.742. The first-order valence-electron chi connectivity index (χ1n) is 7.49. The molecule has 1 aliphatic rings. The summed E-state index contributed by atoms with van der Waals surface area (Å²) in [7, 11) is 0. The van der Waals surface area contributed by atoms with Gasteiger partial charge in [0.1, 0.15) is 24.1 Å². The molecular formula is C14H21N3O6. The number of aromatic nitrogens is 2. The van der Waals surface area contributed by atoms with Crippen molar-refractivity contribution in [3.05, 3.63) is 22.7 Å². The van der Waals surface area contributed by atoms with Gasteiger partial charge in [-0.2, -0.15) is 4.98 Å². The van der Waals surface area contributed by atoms with Crippen molar-refractivity contribution in [1.29, 1.82) is 0 Å². The topological polar surface area (TPSA) is 134 Å². The number of hydrogen-bond donors (Lipinski definition) is 4. The average Bonchev–Trinajstić information content (AvgIpc) is 2.81. The highest BCUT2D eigenvalue weighted by atomic mass is 16.6. The summed E-state index contributed by atoms with van der Waals surface area (Å²) in [4.78, 5) is 27.4. The molecule has 1 saturated heterocycles. The number of nitrogens with zero attached hydrogens (tertiary/aromatic N) is 2. The zero-order valence-corrected chi connectivity index (χ0v) is 12.8. The van der Waals surface area contributed by atoms with Crippen LogP contribution in [0.1, 0.15) is 32.4 Å². The highest BCUT2D eigenvalue weighted by Crippen LogP contribution is 2.28. The zero-order valence-electron chi connectivity index (χ0n) is 12.8. The van der Waals surface area contributed by atoms with E-state index in [0.29, 0.717) is 6.42 Å². The first-order chi connectivity index (χ1) is 11.0. The van der Waals surface area contributed by atoms with E-state index >= 15 is 0 Å². The Bertz CT molecular complexity index is 604. The van der Waals surface area contributed by atoms with Crippen molar-refractivity contribution in [2.24, 2.45) is 0 Å². The lowest BCUT2D eigenvalue weighted by atomic mass is 10.1. The fourth-order valence-corrected chi connectivity index (χ4v) is 2.33. The molecule has 0 radical (unpaired) electrons. The number of rotatable bonds is 6. The quantitative estimate of drug-likeness (QED) is 0.525. The van der Waals surface area contributed by atoms with Crippen LogP contribution >= 0.6 is 0 Å². The van der Waals surface area contributed by atoms with Crippen molar-refractivity contribution < 1.29 is 24.9 Å². The van der Waals surface area contributed by atoms with Crippen LogP contribution in [0.25, 0.3) is 0 Å². The van der Waals surface area contributed by atoms with E-state index in [0.717, 1.165) is 17.4 Å². The maximum Gasteiger partial charge on any atom is 0.351 e. The predicted molar refractivity (Wildman–Crippen MR) is 79.7 cm³/mol. The molecule has 2 heterocycles. The Balaban J connectivity index is 2.11. The summed E-state index contributed by atoms with van der Waals surface area (Å²) >= 11 is 0. The number of hydrogen-bond acceptors (Lipinski definition) is 7. The number of carbonyl (C=O) groups excluding carboxylic acids is 1. The standard InChI is InChI=1S/C14H21N3O6/c1-2-3-4-10(19)15-9-5-6-17(14(22)16-9)13-12(21)11(20)8(7-18)23-13/h5-6,8,11-13,18,20-21H,2-4,7H2,1H3,(H,15,16,19,22)/t8-,11-,12-,13-/m1/s1. The Hall–Kier alpha value is -1.81. The van der Waals surface area contributed by atoms with Crippen molar-refractivity contribution >= 4 is 11.7 Å². The molecule has 4 atom stereocenters. The van der Waals surface area contributed by atoms with Gasteiger partial charge in [-0.3, -0.25) is 9.36 Å². The van der Waals surface area contributed by atoms with E-state index < -0.39 is 36.8 Å². The van der Waals surface area contributed by atoms with Crippen LogP contribution < -0.4 is 11.0 Å². The van der Waals surface area contributed by atoms with Gasteiger partial charge in [0, 0.05) is 12.6 Å². The predicted octanol–water partition coefficient (Wildman–Crippen LogP) is -1.02. The van der Waals surface area contributed by atoms with E-state index in [2.05, 4.69) is 10.3 Å². The second-order valence-corrected chi connectivity index (χ2v) is 5.38. The normalized spacial score (nSPS) is 27.1. The van der Waals surface area contributed by atoms with Crippen molar-refractivity contribution in [2.45, 2.75) is 50.7 Å². The van der Waals surface area contributed by atoms with Crippen LogP contribution in [-0.2, 0) is 9.53 Å². The maximum absolute atomic E-state index is 12.0. The molecule has 2 rings (SSSR count). The summed E-state index contributed by atoms with van der Waals surface area (Å²) in [6.45, 7) is 1.48. The molecule has 1 amide bonds. The van der Waals surface area contributed by atoms with E-state index in [9.17, 15) is 19.8 Å². The third kappa shape index (κ3) is 3.94. The fraction of sp³-hybridized carbons (Fsp3) is 0.643. The third-order valence-electron chi connectivity index (χ3n) is 3.65. The van der Waals surface area contributed by atoms with Crippen LogP contribution in [0, 0.1) is 0 Å². The number of anilines is 1. The van der Waals surface area contributed by atoms with E-state index in [1.165, 1.54) is 12.3 Å². The van der Waals surface area contributed by atoms with Gasteiger partial charge >= 0.3 is 5.69 Å². The van der Waals surface area contributed by atoms with Gasteiger partial charge in [-0.05, 0) is 12.5 Å². The largest absolute Gasteiger partial charge is 0.394 e. The second-order valence-electron chi connectivity index (χ2n) is 5.38. The smallest absolute Gasteiger partial charge is 0.351 e. The van der Waals surface area contributed by atoms with E-state index in [1.54, 1.807) is 0 Å². The number of unbranched alkanes of at least 4 members (excludes halogenated alkanes) is 1. The molecule has 9 nitrogen and oxygen atoms in total. The molecule has 23 heavy (non-hydrogen) atoms. The lowest BCUT2D eigenvalue weighted by Gasteiger charge is -2.17. The molecule has 1 aromatic heterocycles. The summed E-state index contributed by atoms with van der Waals surface area (Å²) in [6, 6.07) is 1.40. The van der Waals surface area contributed by atoms with Crippen LogP contribution in [0.15, 0.2) is 17.1 Å². The van der Waals surface area contributed by atoms with Crippen LogP contribution in [0.3, 0.4) is 0 Å². The number of carbonyl (C=O) groups is 1. The molecule has 1 aliphatic heterocycles. The minimum atomic E-state index is -1.36. The Morgan fingerprint density at radius 1 is 1.43 bits per heavy atom. The van der Waals surface area contributed by atoms with Crippen molar-refractivity contribution in [1.82, 2.24) is 9.55 Å². The molecule has 0 unspecified atom stereocenters. The molecule has 0 aliphatic carbocycles. The van der Waals surface area contributed by atoms with Crippen molar-refractivity contribution in [3.63, 3.8) is 0 Å². The summed E-state index contributed by atoms with van der Waals surface area (Å²) in [5.74, 6) is -0.122. The van der Waals surface area contributed by atoms with E-state index in [4.69, 9.17) is 9.84 Å². The minimum absolute atomic E-state index is 0.110. The van der Waals surface area contributed by atoms with Crippen molar-refractivity contribution in [2.75, 3.05) is 11.9 Å². The molecule has 0 saturated carbocycles. The van der Waals surface area contributed by atoms with Gasteiger partial charge in [0.2, 0.25) is 5.91 Å². The number of amides is 1. The molecule has 0 spiro atoms. The van der Waals surface area contributed by atoms with Crippen molar-refractivity contribution in [3.8, 4) is 0 Å². The number of ether oxygens (including phenoxy) is 1. The molecule has 0 bridgehead atoms. The van der Waals surface area contributed by atoms with Gasteiger partial charge in [0.05, 0.1) is 6.61 Å². The van der Waals surface area contributed by atoms with Crippen LogP contribution in [0.2, 0.25) is 0 Å². The highest BCUT2D eigenvalue weighted by molar-refractivity contribution is 5.89. The molecular weight excluding hydrogens is 306 g/mol. The Labute approximate surface area is 132 Å². The minimum Gasteiger partial charge on any atom is -0.394 e. The first-order valence-corrected chi connectivity index (χ1v) is 7.49. The number of nitrogens with one attached hydrogen (secondary N) is 1. The van der Waals surface area contributed by atoms with Crippen LogP contribution in [0.5, 0.6) is 0 Å². The summed E-state index contributed by atoms with van der Waals surface area (Å²) in [6.07, 6.45) is -1.51. The molecule has 1 fully saturated rings. The molecule has 9 heteroatoms. The van der Waals surface area contributed by atoms with Gasteiger partial charge < -0.3 is 25.4 Å². The molecule has 0 aromatic carbocycles. The SMILES string of the molecule is CCCCC(=O)Nc1ccn([C@@H]2O[C@H](CO)[C@@H](O)[C@H]2O)c(=O)n1. The van der Waals surface area contributed by atoms with E-state index in [1.807, 2.05) is 6.92 Å². The molecule has 1 aromatic rings. The second kappa shape index (κ2) is 7.64. The molecule has 4 N–H and O–H groups in total. The monoisotopic (exact) mass is 327 g/mol. The lowest BCUT2D eigenvalue weighted by Crippen LogP contribution is -2.36. The number of aliphatic hydroxyl groups is 3. The number of aliphatic hydroxyl groups excluding tert-OH is 3. The Kier molecular flexibility index (Phi) is 5.83. The van der Waals surface area contributed by atoms with Gasteiger partial charge in [-0.25, -0.2) is 4.79 Å². The van der Waals surface area contributed by atoms with Crippen LogP contribution in [0.4, 0.5) is 5.82 Å². The van der Waals surface area contributed by atoms with Gasteiger partial charge in [0.15, 0.2) is 6.23 Å². The zero-order chi connectivity index (χ0) is 17.0. The molecule has 128 valence electrons. The highest BCUT2D eigenvalue weighted by Gasteiger charge is 2.43.